The van der Waals surface area contributed by atoms with E-state index in [9.17, 15) is 22.0 Å². The van der Waals surface area contributed by atoms with Crippen molar-refractivity contribution in [2.45, 2.75) is 13.0 Å². The topological polar surface area (TPSA) is 69.7 Å². The second-order valence-electron chi connectivity index (χ2n) is 8.76. The van der Waals surface area contributed by atoms with Crippen molar-refractivity contribution in [1.82, 2.24) is 9.80 Å². The van der Waals surface area contributed by atoms with Crippen LogP contribution in [0.4, 0.5) is 14.5 Å². The van der Waals surface area contributed by atoms with Gasteiger partial charge in [0.15, 0.2) is 0 Å². The van der Waals surface area contributed by atoms with Gasteiger partial charge in [-0.1, -0.05) is 35.9 Å². The van der Waals surface area contributed by atoms with Crippen LogP contribution in [-0.2, 0) is 10.0 Å². The Labute approximate surface area is 204 Å². The molecular weight excluding hydrogens is 472 g/mol. The van der Waals surface area contributed by atoms with E-state index in [1.54, 1.807) is 47.4 Å². The van der Waals surface area contributed by atoms with Gasteiger partial charge in [-0.2, -0.15) is 0 Å². The Kier molecular flexibility index (Phi) is 7.18. The Balaban J connectivity index is 1.56. The van der Waals surface area contributed by atoms with Crippen LogP contribution in [0.5, 0.6) is 0 Å². The van der Waals surface area contributed by atoms with Crippen LogP contribution in [0.1, 0.15) is 33.1 Å². The molecule has 9 heteroatoms. The molecule has 1 saturated heterocycles. The Hall–Kier alpha value is -3.30. The smallest absolute Gasteiger partial charge is 0.256 e. The van der Waals surface area contributed by atoms with Gasteiger partial charge in [0, 0.05) is 26.2 Å². The summed E-state index contributed by atoms with van der Waals surface area (Å²) >= 11 is 0. The maximum Gasteiger partial charge on any atom is 0.256 e. The summed E-state index contributed by atoms with van der Waals surface area (Å²) in [5.41, 5.74) is 3.14. The first-order valence-electron chi connectivity index (χ1n) is 11.2. The van der Waals surface area contributed by atoms with E-state index in [1.165, 1.54) is 24.3 Å². The van der Waals surface area contributed by atoms with E-state index in [-0.39, 0.29) is 29.3 Å². The maximum atomic E-state index is 13.6. The monoisotopic (exact) mass is 499 g/mol. The Morgan fingerprint density at radius 2 is 1.37 bits per heavy atom. The van der Waals surface area contributed by atoms with Crippen molar-refractivity contribution < 1.29 is 22.0 Å². The number of carbonyl (C=O) groups is 1. The summed E-state index contributed by atoms with van der Waals surface area (Å²) in [4.78, 5) is 17.2. The highest BCUT2D eigenvalue weighted by atomic mass is 32.2. The predicted octanol–water partition coefficient (Wildman–Crippen LogP) is 4.19. The third kappa shape index (κ3) is 6.04. The van der Waals surface area contributed by atoms with E-state index in [0.717, 1.165) is 22.9 Å². The maximum absolute atomic E-state index is 13.6. The number of piperazine rings is 1. The second kappa shape index (κ2) is 10.1. The predicted molar refractivity (Wildman–Crippen MR) is 132 cm³/mol. The molecule has 6 nitrogen and oxygen atoms in total. The number of amides is 1. The molecule has 0 spiro atoms. The van der Waals surface area contributed by atoms with Crippen LogP contribution in [0.2, 0.25) is 0 Å². The number of aryl methyl sites for hydroxylation is 1. The van der Waals surface area contributed by atoms with Crippen LogP contribution in [0.25, 0.3) is 0 Å². The fraction of sp³-hybridized carbons (Fsp3) is 0.269. The van der Waals surface area contributed by atoms with Crippen molar-refractivity contribution in [1.29, 1.82) is 0 Å². The van der Waals surface area contributed by atoms with Crippen molar-refractivity contribution in [3.8, 4) is 0 Å². The van der Waals surface area contributed by atoms with Gasteiger partial charge in [-0.05, 0) is 54.4 Å². The highest BCUT2D eigenvalue weighted by Gasteiger charge is 2.29. The summed E-state index contributed by atoms with van der Waals surface area (Å²) in [6, 6.07) is 17.3. The molecule has 3 aromatic rings. The summed E-state index contributed by atoms with van der Waals surface area (Å²) in [6.45, 7) is 3.75. The molecule has 3 aromatic carbocycles. The molecule has 0 bridgehead atoms. The van der Waals surface area contributed by atoms with Crippen molar-refractivity contribution >= 4 is 21.6 Å². The fourth-order valence-corrected chi connectivity index (χ4v) is 4.96. The number of nitrogens with one attached hydrogen (secondary N) is 1. The van der Waals surface area contributed by atoms with Crippen LogP contribution >= 0.6 is 0 Å². The molecule has 1 aliphatic rings. The number of carbonyl (C=O) groups excluding carboxylic acids is 1. The van der Waals surface area contributed by atoms with Gasteiger partial charge in [-0.3, -0.25) is 14.4 Å². The number of benzene rings is 3. The molecule has 1 fully saturated rings. The minimum atomic E-state index is -3.55. The van der Waals surface area contributed by atoms with Crippen molar-refractivity contribution in [3.63, 3.8) is 0 Å². The zero-order valence-corrected chi connectivity index (χ0v) is 20.4. The van der Waals surface area contributed by atoms with Crippen LogP contribution < -0.4 is 4.72 Å². The highest BCUT2D eigenvalue weighted by molar-refractivity contribution is 7.92. The number of anilines is 1. The van der Waals surface area contributed by atoms with Crippen molar-refractivity contribution in [3.05, 3.63) is 101 Å². The van der Waals surface area contributed by atoms with Crippen molar-refractivity contribution in [2.75, 3.05) is 37.2 Å². The normalized spacial score (nSPS) is 14.8. The minimum absolute atomic E-state index is 0.227. The first-order valence-corrected chi connectivity index (χ1v) is 13.1. The molecule has 184 valence electrons. The molecule has 4 rings (SSSR count). The molecule has 0 atom stereocenters. The Morgan fingerprint density at radius 1 is 0.857 bits per heavy atom. The first kappa shape index (κ1) is 24.8. The molecule has 1 heterocycles. The molecule has 1 N–H and O–H groups in total. The van der Waals surface area contributed by atoms with Gasteiger partial charge in [-0.25, -0.2) is 17.2 Å². The molecule has 0 saturated carbocycles. The molecule has 0 aliphatic carbocycles. The third-order valence-corrected chi connectivity index (χ3v) is 6.63. The summed E-state index contributed by atoms with van der Waals surface area (Å²) in [5.74, 6) is -0.919. The Morgan fingerprint density at radius 3 is 1.86 bits per heavy atom. The summed E-state index contributed by atoms with van der Waals surface area (Å²) in [6.07, 6.45) is 1.05. The van der Waals surface area contributed by atoms with Crippen LogP contribution in [0.3, 0.4) is 0 Å². The SMILES string of the molecule is Cc1ccc(NS(C)(=O)=O)c(C(=O)N2CCN(C(c3ccc(F)cc3)c3ccc(F)cc3)CC2)c1. The first-order chi connectivity index (χ1) is 16.6. The van der Waals surface area contributed by atoms with E-state index >= 15 is 0 Å². The van der Waals surface area contributed by atoms with Gasteiger partial charge in [0.2, 0.25) is 10.0 Å². The molecule has 0 radical (unpaired) electrons. The second-order valence-corrected chi connectivity index (χ2v) is 10.5. The van der Waals surface area contributed by atoms with Gasteiger partial charge in [0.1, 0.15) is 11.6 Å². The Bertz CT molecular complexity index is 1260. The van der Waals surface area contributed by atoms with Crippen LogP contribution in [0, 0.1) is 18.6 Å². The highest BCUT2D eigenvalue weighted by Crippen LogP contribution is 2.31. The average molecular weight is 500 g/mol. The van der Waals surface area contributed by atoms with Crippen LogP contribution in [0.15, 0.2) is 66.7 Å². The lowest BCUT2D eigenvalue weighted by molar-refractivity contribution is 0.0598. The standard InChI is InChI=1S/C26H27F2N3O3S/c1-18-3-12-24(29-35(2,33)34)23(17-18)26(32)31-15-13-30(14-16-31)25(19-4-8-21(27)9-5-19)20-6-10-22(28)11-7-20/h3-12,17,25,29H,13-16H2,1-2H3. The lowest BCUT2D eigenvalue weighted by Crippen LogP contribution is -2.50. The molecular formula is C26H27F2N3O3S. The molecule has 35 heavy (non-hydrogen) atoms. The van der Waals surface area contributed by atoms with Crippen LogP contribution in [-0.4, -0.2) is 56.6 Å². The lowest BCUT2D eigenvalue weighted by atomic mass is 9.96. The van der Waals surface area contributed by atoms with E-state index in [1.807, 2.05) is 6.92 Å². The largest absolute Gasteiger partial charge is 0.336 e. The number of nitrogens with zero attached hydrogens (tertiary/aromatic N) is 2. The molecule has 0 unspecified atom stereocenters. The number of rotatable bonds is 6. The summed E-state index contributed by atoms with van der Waals surface area (Å²) in [5, 5.41) is 0. The van der Waals surface area contributed by atoms with E-state index in [0.29, 0.717) is 31.7 Å². The van der Waals surface area contributed by atoms with Gasteiger partial charge in [0.25, 0.3) is 5.91 Å². The molecule has 0 aromatic heterocycles. The van der Waals surface area contributed by atoms with E-state index < -0.39 is 10.0 Å². The number of sulfonamides is 1. The average Bonchev–Trinajstić information content (AvgIpc) is 2.82. The van der Waals surface area contributed by atoms with E-state index in [4.69, 9.17) is 0 Å². The lowest BCUT2D eigenvalue weighted by Gasteiger charge is -2.40. The van der Waals surface area contributed by atoms with Gasteiger partial charge >= 0.3 is 0 Å². The van der Waals surface area contributed by atoms with Gasteiger partial charge in [-0.15, -0.1) is 0 Å². The van der Waals surface area contributed by atoms with Crippen molar-refractivity contribution in [2.24, 2.45) is 0 Å². The number of hydrogen-bond donors (Lipinski definition) is 1. The van der Waals surface area contributed by atoms with Gasteiger partial charge < -0.3 is 4.90 Å². The minimum Gasteiger partial charge on any atom is -0.336 e. The van der Waals surface area contributed by atoms with Gasteiger partial charge in [0.05, 0.1) is 23.5 Å². The number of hydrogen-bond acceptors (Lipinski definition) is 4. The molecule has 1 amide bonds. The zero-order valence-electron chi connectivity index (χ0n) is 19.5. The van der Waals surface area contributed by atoms with E-state index in [2.05, 4.69) is 9.62 Å². The zero-order chi connectivity index (χ0) is 25.2. The quantitative estimate of drug-likeness (QED) is 0.552. The summed E-state index contributed by atoms with van der Waals surface area (Å²) in [7, 11) is -3.55. The number of halogens is 2. The fourth-order valence-electron chi connectivity index (χ4n) is 4.38. The molecule has 1 aliphatic heterocycles. The summed E-state index contributed by atoms with van der Waals surface area (Å²) < 4.78 is 53.1. The third-order valence-electron chi connectivity index (χ3n) is 6.04.